The molecule has 32 heavy (non-hydrogen) atoms. The van der Waals surface area contributed by atoms with Gasteiger partial charge in [0, 0.05) is 37.6 Å². The van der Waals surface area contributed by atoms with E-state index >= 15 is 0 Å². The van der Waals surface area contributed by atoms with Gasteiger partial charge in [0.15, 0.2) is 0 Å². The van der Waals surface area contributed by atoms with Gasteiger partial charge in [-0.15, -0.1) is 11.3 Å². The SMILES string of the molecule is COc1ccc(CC(=O)NCc2ccsc2-n2cccc2)cc1S(=O)(=O)N1CCOCC1. The zero-order valence-corrected chi connectivity index (χ0v) is 19.3. The molecule has 2 aromatic heterocycles. The number of benzene rings is 1. The van der Waals surface area contributed by atoms with Crippen LogP contribution < -0.4 is 10.1 Å². The molecule has 0 spiro atoms. The summed E-state index contributed by atoms with van der Waals surface area (Å²) in [4.78, 5) is 12.7. The first-order chi connectivity index (χ1) is 15.5. The molecular weight excluding hydrogens is 450 g/mol. The molecule has 0 saturated carbocycles. The van der Waals surface area contributed by atoms with Gasteiger partial charge in [0.2, 0.25) is 15.9 Å². The first-order valence-electron chi connectivity index (χ1n) is 10.2. The molecule has 0 aliphatic carbocycles. The Morgan fingerprint density at radius 2 is 1.94 bits per heavy atom. The van der Waals surface area contributed by atoms with Crippen molar-refractivity contribution in [3.05, 3.63) is 65.3 Å². The molecule has 0 bridgehead atoms. The van der Waals surface area contributed by atoms with Crippen LogP contribution in [0.5, 0.6) is 5.75 Å². The number of nitrogens with zero attached hydrogens (tertiary/aromatic N) is 2. The number of methoxy groups -OCH3 is 1. The smallest absolute Gasteiger partial charge is 0.246 e. The molecule has 0 unspecified atom stereocenters. The van der Waals surface area contributed by atoms with E-state index in [2.05, 4.69) is 5.32 Å². The molecule has 1 saturated heterocycles. The maximum atomic E-state index is 13.1. The fourth-order valence-electron chi connectivity index (χ4n) is 3.56. The van der Waals surface area contributed by atoms with Crippen LogP contribution in [0.3, 0.4) is 0 Å². The summed E-state index contributed by atoms with van der Waals surface area (Å²) in [7, 11) is -2.31. The Morgan fingerprint density at radius 1 is 1.19 bits per heavy atom. The zero-order valence-electron chi connectivity index (χ0n) is 17.7. The second-order valence-corrected chi connectivity index (χ2v) is 10.1. The molecule has 4 rings (SSSR count). The zero-order chi connectivity index (χ0) is 22.6. The highest BCUT2D eigenvalue weighted by atomic mass is 32.2. The van der Waals surface area contributed by atoms with Gasteiger partial charge >= 0.3 is 0 Å². The van der Waals surface area contributed by atoms with Gasteiger partial charge < -0.3 is 19.4 Å². The van der Waals surface area contributed by atoms with E-state index in [4.69, 9.17) is 9.47 Å². The van der Waals surface area contributed by atoms with Gasteiger partial charge in [-0.25, -0.2) is 8.42 Å². The van der Waals surface area contributed by atoms with Gasteiger partial charge in [0.1, 0.15) is 15.6 Å². The number of carbonyl (C=O) groups is 1. The number of carbonyl (C=O) groups excluding carboxylic acids is 1. The minimum atomic E-state index is -3.75. The molecule has 0 radical (unpaired) electrons. The number of aromatic nitrogens is 1. The number of rotatable bonds is 8. The predicted octanol–water partition coefficient (Wildman–Crippen LogP) is 2.43. The van der Waals surface area contributed by atoms with Gasteiger partial charge in [-0.2, -0.15) is 4.31 Å². The lowest BCUT2D eigenvalue weighted by molar-refractivity contribution is -0.120. The largest absolute Gasteiger partial charge is 0.495 e. The highest BCUT2D eigenvalue weighted by molar-refractivity contribution is 7.89. The van der Waals surface area contributed by atoms with Crippen molar-refractivity contribution in [3.63, 3.8) is 0 Å². The number of ether oxygens (including phenoxy) is 2. The van der Waals surface area contributed by atoms with Gasteiger partial charge in [-0.1, -0.05) is 6.07 Å². The van der Waals surface area contributed by atoms with E-state index in [0.29, 0.717) is 38.4 Å². The Hall–Kier alpha value is -2.66. The fraction of sp³-hybridized carbons (Fsp3) is 0.318. The Labute approximate surface area is 191 Å². The number of nitrogens with one attached hydrogen (secondary N) is 1. The lowest BCUT2D eigenvalue weighted by atomic mass is 10.1. The van der Waals surface area contributed by atoms with Crippen molar-refractivity contribution in [2.75, 3.05) is 33.4 Å². The summed E-state index contributed by atoms with van der Waals surface area (Å²) in [5.41, 5.74) is 1.62. The van der Waals surface area contributed by atoms with Crippen molar-refractivity contribution in [1.29, 1.82) is 0 Å². The molecule has 1 aromatic carbocycles. The van der Waals surface area contributed by atoms with E-state index in [9.17, 15) is 13.2 Å². The van der Waals surface area contributed by atoms with E-state index in [0.717, 1.165) is 10.6 Å². The van der Waals surface area contributed by atoms with Crippen molar-refractivity contribution in [2.45, 2.75) is 17.9 Å². The maximum Gasteiger partial charge on any atom is 0.246 e. The number of hydrogen-bond acceptors (Lipinski definition) is 6. The topological polar surface area (TPSA) is 89.9 Å². The molecule has 170 valence electrons. The second kappa shape index (κ2) is 9.86. The molecule has 10 heteroatoms. The standard InChI is InChI=1S/C22H25N3O5S2/c1-29-19-5-4-17(14-20(19)32(27,28)25-9-11-30-12-10-25)15-21(26)23-16-18-6-13-31-22(18)24-7-2-3-8-24/h2-8,13-14H,9-12,15-16H2,1H3,(H,23,26). The molecular formula is C22H25N3O5S2. The van der Waals surface area contributed by atoms with Crippen LogP contribution in [-0.4, -0.2) is 56.6 Å². The first-order valence-corrected chi connectivity index (χ1v) is 12.5. The first kappa shape index (κ1) is 22.5. The summed E-state index contributed by atoms with van der Waals surface area (Å²) >= 11 is 1.60. The summed E-state index contributed by atoms with van der Waals surface area (Å²) in [6.45, 7) is 1.69. The number of amides is 1. The molecule has 1 amide bonds. The molecule has 3 aromatic rings. The third-order valence-corrected chi connectivity index (χ3v) is 8.11. The minimum Gasteiger partial charge on any atom is -0.495 e. The van der Waals surface area contributed by atoms with Crippen LogP contribution in [0.4, 0.5) is 0 Å². The van der Waals surface area contributed by atoms with E-state index in [1.165, 1.54) is 17.5 Å². The molecule has 0 atom stereocenters. The lowest BCUT2D eigenvalue weighted by Gasteiger charge is -2.26. The van der Waals surface area contributed by atoms with E-state index in [-0.39, 0.29) is 23.0 Å². The van der Waals surface area contributed by atoms with Crippen molar-refractivity contribution >= 4 is 27.3 Å². The summed E-state index contributed by atoms with van der Waals surface area (Å²) in [5.74, 6) is 0.0739. The van der Waals surface area contributed by atoms with Crippen LogP contribution in [0, 0.1) is 0 Å². The Kier molecular flexibility index (Phi) is 6.95. The number of morpholine rings is 1. The molecule has 1 aliphatic rings. The van der Waals surface area contributed by atoms with Crippen molar-refractivity contribution in [3.8, 4) is 10.8 Å². The summed E-state index contributed by atoms with van der Waals surface area (Å²) in [5, 5.41) is 5.98. The maximum absolute atomic E-state index is 13.1. The highest BCUT2D eigenvalue weighted by Crippen LogP contribution is 2.28. The monoisotopic (exact) mass is 475 g/mol. The van der Waals surface area contributed by atoms with Crippen LogP contribution in [0.2, 0.25) is 0 Å². The van der Waals surface area contributed by atoms with Crippen molar-refractivity contribution in [2.24, 2.45) is 0 Å². The lowest BCUT2D eigenvalue weighted by Crippen LogP contribution is -2.40. The van der Waals surface area contributed by atoms with E-state index in [1.807, 2.05) is 40.5 Å². The summed E-state index contributed by atoms with van der Waals surface area (Å²) < 4.78 is 40.2. The van der Waals surface area contributed by atoms with Crippen LogP contribution in [0.25, 0.3) is 5.00 Å². The Balaban J connectivity index is 1.46. The molecule has 8 nitrogen and oxygen atoms in total. The minimum absolute atomic E-state index is 0.0681. The molecule has 1 N–H and O–H groups in total. The fourth-order valence-corrected chi connectivity index (χ4v) is 6.07. The molecule has 1 aliphatic heterocycles. The van der Waals surface area contributed by atoms with Crippen LogP contribution in [-0.2, 0) is 32.5 Å². The van der Waals surface area contributed by atoms with Crippen LogP contribution in [0.15, 0.2) is 59.1 Å². The van der Waals surface area contributed by atoms with Crippen molar-refractivity contribution in [1.82, 2.24) is 14.2 Å². The number of sulfonamides is 1. The average molecular weight is 476 g/mol. The Morgan fingerprint density at radius 3 is 2.66 bits per heavy atom. The summed E-state index contributed by atoms with van der Waals surface area (Å²) in [6.07, 6.45) is 3.99. The van der Waals surface area contributed by atoms with Gasteiger partial charge in [-0.3, -0.25) is 4.79 Å². The normalized spacial score (nSPS) is 14.9. The van der Waals surface area contributed by atoms with E-state index < -0.39 is 10.0 Å². The van der Waals surface area contributed by atoms with Gasteiger partial charge in [0.05, 0.1) is 26.7 Å². The number of thiophene rings is 1. The highest BCUT2D eigenvalue weighted by Gasteiger charge is 2.29. The molecule has 3 heterocycles. The average Bonchev–Trinajstić information content (AvgIpc) is 3.50. The van der Waals surface area contributed by atoms with Gasteiger partial charge in [-0.05, 0) is 41.3 Å². The predicted molar refractivity (Wildman–Crippen MR) is 122 cm³/mol. The summed E-state index contributed by atoms with van der Waals surface area (Å²) in [6, 6.07) is 10.7. The molecule has 1 fully saturated rings. The van der Waals surface area contributed by atoms with Crippen LogP contribution in [0.1, 0.15) is 11.1 Å². The van der Waals surface area contributed by atoms with Crippen LogP contribution >= 0.6 is 11.3 Å². The second-order valence-electron chi connectivity index (χ2n) is 7.30. The van der Waals surface area contributed by atoms with E-state index in [1.54, 1.807) is 23.5 Å². The quantitative estimate of drug-likeness (QED) is 0.541. The van der Waals surface area contributed by atoms with Crippen molar-refractivity contribution < 1.29 is 22.7 Å². The Bertz CT molecular complexity index is 1170. The third kappa shape index (κ3) is 4.88. The van der Waals surface area contributed by atoms with Gasteiger partial charge in [0.25, 0.3) is 0 Å². The number of hydrogen-bond donors (Lipinski definition) is 1. The third-order valence-electron chi connectivity index (χ3n) is 5.22.